The largest absolute Gasteiger partial charge is 0.457 e. The number of aromatic amines is 1. The number of ether oxygens (including phenoxy) is 1. The van der Waals surface area contributed by atoms with E-state index in [-0.39, 0.29) is 11.9 Å². The lowest BCUT2D eigenvalue weighted by Gasteiger charge is -2.26. The predicted molar refractivity (Wildman–Crippen MR) is 148 cm³/mol. The Morgan fingerprint density at radius 2 is 1.97 bits per heavy atom. The Labute approximate surface area is 216 Å². The topological polar surface area (TPSA) is 81.8 Å². The van der Waals surface area contributed by atoms with Crippen molar-refractivity contribution in [1.82, 2.24) is 15.2 Å². The second-order valence-corrected chi connectivity index (χ2v) is 11.0. The van der Waals surface area contributed by atoms with Crippen LogP contribution in [0.25, 0.3) is 10.9 Å². The zero-order chi connectivity index (χ0) is 24.3. The molecule has 1 atom stereocenters. The number of para-hydroxylation sites is 1. The fraction of sp³-hybridized carbons (Fsp3) is 0.429. The monoisotopic (exact) mass is 503 g/mol. The Kier molecular flexibility index (Phi) is 6.88. The molecule has 1 unspecified atom stereocenters. The van der Waals surface area contributed by atoms with E-state index in [0.29, 0.717) is 12.6 Å². The number of aromatic nitrogens is 1. The molecule has 1 saturated heterocycles. The summed E-state index contributed by atoms with van der Waals surface area (Å²) in [5, 5.41) is 8.89. The van der Waals surface area contributed by atoms with E-state index in [1.807, 2.05) is 42.1 Å². The highest BCUT2D eigenvalue weighted by molar-refractivity contribution is 8.14. The zero-order valence-corrected chi connectivity index (χ0v) is 21.3. The summed E-state index contributed by atoms with van der Waals surface area (Å²) in [5.74, 6) is 2.79. The fourth-order valence-corrected chi connectivity index (χ4v) is 6.42. The number of rotatable bonds is 8. The first-order chi connectivity index (χ1) is 17.7. The molecule has 1 aromatic heterocycles. The van der Waals surface area contributed by atoms with Gasteiger partial charge in [0, 0.05) is 42.9 Å². The van der Waals surface area contributed by atoms with Crippen molar-refractivity contribution in [2.45, 2.75) is 44.2 Å². The van der Waals surface area contributed by atoms with E-state index in [0.717, 1.165) is 70.6 Å². The summed E-state index contributed by atoms with van der Waals surface area (Å²) in [6.07, 6.45) is 5.97. The van der Waals surface area contributed by atoms with Gasteiger partial charge in [-0.05, 0) is 43.5 Å². The van der Waals surface area contributed by atoms with Crippen molar-refractivity contribution in [3.05, 3.63) is 54.2 Å². The minimum absolute atomic E-state index is 0.127. The van der Waals surface area contributed by atoms with Crippen LogP contribution in [-0.2, 0) is 4.79 Å². The summed E-state index contributed by atoms with van der Waals surface area (Å²) in [5.41, 5.74) is 3.28. The molecule has 1 saturated carbocycles. The number of nitrogens with zero attached hydrogens (tertiary/aromatic N) is 2. The Morgan fingerprint density at radius 3 is 2.81 bits per heavy atom. The average molecular weight is 504 g/mol. The van der Waals surface area contributed by atoms with Gasteiger partial charge in [-0.3, -0.25) is 14.7 Å². The van der Waals surface area contributed by atoms with Crippen molar-refractivity contribution in [3.63, 3.8) is 0 Å². The molecule has 3 aliphatic rings. The first kappa shape index (κ1) is 23.4. The number of H-pyrrole nitrogens is 1. The van der Waals surface area contributed by atoms with Crippen molar-refractivity contribution in [2.24, 2.45) is 4.99 Å². The van der Waals surface area contributed by atoms with Crippen molar-refractivity contribution in [2.75, 3.05) is 37.2 Å². The maximum absolute atomic E-state index is 11.7. The van der Waals surface area contributed by atoms with Crippen LogP contribution in [0.5, 0.6) is 11.5 Å². The molecule has 0 spiro atoms. The minimum Gasteiger partial charge on any atom is -0.457 e. The van der Waals surface area contributed by atoms with Crippen LogP contribution in [0.4, 0.5) is 5.69 Å². The number of benzene rings is 2. The molecule has 1 amide bonds. The van der Waals surface area contributed by atoms with Gasteiger partial charge in [-0.2, -0.15) is 0 Å². The number of anilines is 1. The van der Waals surface area contributed by atoms with Gasteiger partial charge in [0.05, 0.1) is 29.5 Å². The van der Waals surface area contributed by atoms with Crippen LogP contribution in [0, 0.1) is 0 Å². The number of nitrogens with one attached hydrogen (secondary N) is 3. The van der Waals surface area contributed by atoms with Gasteiger partial charge in [0.2, 0.25) is 5.91 Å². The highest BCUT2D eigenvalue weighted by atomic mass is 32.2. The molecule has 7 nitrogen and oxygen atoms in total. The van der Waals surface area contributed by atoms with Crippen molar-refractivity contribution in [3.8, 4) is 11.5 Å². The van der Waals surface area contributed by atoms with Crippen molar-refractivity contribution >= 4 is 39.3 Å². The minimum atomic E-state index is 0.127. The van der Waals surface area contributed by atoms with Crippen LogP contribution in [0.1, 0.15) is 37.8 Å². The summed E-state index contributed by atoms with van der Waals surface area (Å²) in [6, 6.07) is 17.2. The molecule has 0 bridgehead atoms. The average Bonchev–Trinajstić information content (AvgIpc) is 3.64. The smallest absolute Gasteiger partial charge is 0.234 e. The third kappa shape index (κ3) is 5.39. The van der Waals surface area contributed by atoms with Gasteiger partial charge in [-0.25, -0.2) is 0 Å². The van der Waals surface area contributed by atoms with Gasteiger partial charge < -0.3 is 20.4 Å². The summed E-state index contributed by atoms with van der Waals surface area (Å²) >= 11 is 1.82. The Hall–Kier alpha value is -2.97. The van der Waals surface area contributed by atoms with Gasteiger partial charge in [0.15, 0.2) is 0 Å². The molecule has 2 fully saturated rings. The van der Waals surface area contributed by atoms with Crippen LogP contribution in [0.15, 0.2) is 53.5 Å². The maximum atomic E-state index is 11.7. The second-order valence-electron chi connectivity index (χ2n) is 9.97. The Morgan fingerprint density at radius 1 is 1.11 bits per heavy atom. The number of hydrogen-bond acceptors (Lipinski definition) is 6. The van der Waals surface area contributed by atoms with Gasteiger partial charge in [0.1, 0.15) is 16.5 Å². The quantitative estimate of drug-likeness (QED) is 0.403. The summed E-state index contributed by atoms with van der Waals surface area (Å²) in [4.78, 5) is 22.6. The van der Waals surface area contributed by atoms with E-state index in [9.17, 15) is 4.79 Å². The van der Waals surface area contributed by atoms with Gasteiger partial charge in [0.25, 0.3) is 0 Å². The standard InChI is InChI=1S/C28H33N5O2S/c34-26-17-33(13-11-29-26)12-10-21-18-36-28(31-21)25-15-19-14-23(35-22-8-2-1-3-9-22)16-24(27(19)32-25)30-20-6-4-5-7-20/h1-3,8-9,14-16,20-21,30,32H,4-7,10-13,17-18H2,(H,29,34). The number of aliphatic imine (C=N–C) groups is 1. The molecule has 3 aromatic rings. The van der Waals surface area contributed by atoms with Crippen LogP contribution in [0.2, 0.25) is 0 Å². The van der Waals surface area contributed by atoms with E-state index in [1.54, 1.807) is 0 Å². The molecule has 2 aromatic carbocycles. The van der Waals surface area contributed by atoms with Crippen molar-refractivity contribution < 1.29 is 9.53 Å². The number of carbonyl (C=O) groups is 1. The molecule has 2 aliphatic heterocycles. The summed E-state index contributed by atoms with van der Waals surface area (Å²) in [7, 11) is 0. The van der Waals surface area contributed by atoms with Crippen molar-refractivity contribution in [1.29, 1.82) is 0 Å². The van der Waals surface area contributed by atoms with Crippen LogP contribution >= 0.6 is 11.8 Å². The highest BCUT2D eigenvalue weighted by Crippen LogP contribution is 2.36. The third-order valence-corrected chi connectivity index (χ3v) is 8.38. The lowest BCUT2D eigenvalue weighted by atomic mass is 10.1. The molecule has 0 radical (unpaired) electrons. The molecular weight excluding hydrogens is 470 g/mol. The number of hydrogen-bond donors (Lipinski definition) is 3. The van der Waals surface area contributed by atoms with E-state index < -0.39 is 0 Å². The normalized spacial score (nSPS) is 21.1. The number of piperazine rings is 1. The predicted octanol–water partition coefficient (Wildman–Crippen LogP) is 5.00. The summed E-state index contributed by atoms with van der Waals surface area (Å²) < 4.78 is 6.22. The van der Waals surface area contributed by atoms with E-state index in [4.69, 9.17) is 9.73 Å². The van der Waals surface area contributed by atoms with Crippen LogP contribution < -0.4 is 15.4 Å². The fourth-order valence-electron chi connectivity index (χ4n) is 5.34. The molecule has 3 heterocycles. The third-order valence-electron chi connectivity index (χ3n) is 7.23. The number of thioether (sulfide) groups is 1. The molecule has 1 aliphatic carbocycles. The highest BCUT2D eigenvalue weighted by Gasteiger charge is 2.24. The number of carbonyl (C=O) groups excluding carboxylic acids is 1. The maximum Gasteiger partial charge on any atom is 0.234 e. The van der Waals surface area contributed by atoms with E-state index >= 15 is 0 Å². The van der Waals surface area contributed by atoms with Gasteiger partial charge >= 0.3 is 0 Å². The van der Waals surface area contributed by atoms with Gasteiger partial charge in [-0.15, -0.1) is 11.8 Å². The Balaban J connectivity index is 1.22. The molecule has 6 rings (SSSR count). The second kappa shape index (κ2) is 10.6. The molecule has 36 heavy (non-hydrogen) atoms. The first-order valence-corrected chi connectivity index (χ1v) is 14.0. The van der Waals surface area contributed by atoms with Crippen LogP contribution in [-0.4, -0.2) is 64.9 Å². The van der Waals surface area contributed by atoms with E-state index in [2.05, 4.69) is 38.7 Å². The van der Waals surface area contributed by atoms with E-state index in [1.165, 1.54) is 25.7 Å². The number of fused-ring (bicyclic) bond motifs is 1. The first-order valence-electron chi connectivity index (χ1n) is 13.1. The number of amides is 1. The molecule has 188 valence electrons. The summed E-state index contributed by atoms with van der Waals surface area (Å²) in [6.45, 7) is 3.09. The molecular formula is C28H33N5O2S. The molecule has 8 heteroatoms. The lowest BCUT2D eigenvalue weighted by Crippen LogP contribution is -2.48. The zero-order valence-electron chi connectivity index (χ0n) is 20.5. The van der Waals surface area contributed by atoms with Gasteiger partial charge in [-0.1, -0.05) is 31.0 Å². The SMILES string of the molecule is O=C1CN(CCC2CSC(c3cc4cc(Oc5ccccc5)cc(NC5CCCC5)c4[nH]3)=N2)CCN1. The lowest BCUT2D eigenvalue weighted by molar-refractivity contribution is -0.124. The molecule has 3 N–H and O–H groups in total. The Bertz CT molecular complexity index is 1250. The van der Waals surface area contributed by atoms with Crippen LogP contribution in [0.3, 0.4) is 0 Å².